The molecule has 106 valence electrons. The van der Waals surface area contributed by atoms with Crippen LogP contribution in [0, 0.1) is 0 Å². The van der Waals surface area contributed by atoms with Crippen LogP contribution in [0.2, 0.25) is 0 Å². The average Bonchev–Trinajstić information content (AvgIpc) is 2.88. The third-order valence-electron chi connectivity index (χ3n) is 2.74. The van der Waals surface area contributed by atoms with Gasteiger partial charge in [-0.3, -0.25) is 0 Å². The Hall–Kier alpha value is -1.46. The summed E-state index contributed by atoms with van der Waals surface area (Å²) in [5.41, 5.74) is 1.01. The Morgan fingerprint density at radius 3 is 2.60 bits per heavy atom. The first-order valence-electron chi connectivity index (χ1n) is 6.19. The topological polar surface area (TPSA) is 39.9 Å². The minimum absolute atomic E-state index is 0.603. The Bertz CT molecular complexity index is 595. The van der Waals surface area contributed by atoms with Crippen molar-refractivity contribution in [3.05, 3.63) is 35.9 Å². The van der Waals surface area contributed by atoms with Crippen molar-refractivity contribution < 1.29 is 4.74 Å². The summed E-state index contributed by atoms with van der Waals surface area (Å²) in [7, 11) is 1.65. The quantitative estimate of drug-likeness (QED) is 0.761. The molecule has 0 unspecified atom stereocenters. The van der Waals surface area contributed by atoms with Crippen LogP contribution < -0.4 is 4.74 Å². The van der Waals surface area contributed by atoms with Gasteiger partial charge in [0.25, 0.3) is 0 Å². The molecule has 4 nitrogen and oxygen atoms in total. The molecule has 0 radical (unpaired) electrons. The SMILES string of the molecule is C=C(Cl)CSc1nnc(-c2ccc(OC)cc2)n1CC. The highest BCUT2D eigenvalue weighted by molar-refractivity contribution is 7.99. The van der Waals surface area contributed by atoms with E-state index in [-0.39, 0.29) is 0 Å². The number of halogens is 1. The van der Waals surface area contributed by atoms with Gasteiger partial charge in [-0.05, 0) is 31.2 Å². The normalized spacial score (nSPS) is 10.6. The van der Waals surface area contributed by atoms with Crippen molar-refractivity contribution in [2.75, 3.05) is 12.9 Å². The van der Waals surface area contributed by atoms with Crippen molar-refractivity contribution in [3.8, 4) is 17.1 Å². The van der Waals surface area contributed by atoms with E-state index in [0.29, 0.717) is 10.8 Å². The monoisotopic (exact) mass is 309 g/mol. The predicted octanol–water partition coefficient (Wildman–Crippen LogP) is 3.82. The van der Waals surface area contributed by atoms with Gasteiger partial charge in [-0.2, -0.15) is 0 Å². The van der Waals surface area contributed by atoms with Crippen molar-refractivity contribution >= 4 is 23.4 Å². The summed E-state index contributed by atoms with van der Waals surface area (Å²) < 4.78 is 7.22. The maximum absolute atomic E-state index is 5.79. The summed E-state index contributed by atoms with van der Waals surface area (Å²) in [6.07, 6.45) is 0. The van der Waals surface area contributed by atoms with E-state index < -0.39 is 0 Å². The standard InChI is InChI=1S/C14H16ClN3OS/c1-4-18-13(11-5-7-12(19-3)8-6-11)16-17-14(18)20-9-10(2)15/h5-8H,2,4,9H2,1,3H3. The van der Waals surface area contributed by atoms with Gasteiger partial charge < -0.3 is 9.30 Å². The molecule has 0 atom stereocenters. The molecule has 2 aromatic rings. The van der Waals surface area contributed by atoms with Crippen molar-refractivity contribution in [1.82, 2.24) is 14.8 Å². The van der Waals surface area contributed by atoms with Gasteiger partial charge in [-0.1, -0.05) is 29.9 Å². The fraction of sp³-hybridized carbons (Fsp3) is 0.286. The number of nitrogens with zero attached hydrogens (tertiary/aromatic N) is 3. The highest BCUT2D eigenvalue weighted by Crippen LogP contribution is 2.26. The summed E-state index contributed by atoms with van der Waals surface area (Å²) in [4.78, 5) is 0. The van der Waals surface area contributed by atoms with Crippen molar-refractivity contribution in [3.63, 3.8) is 0 Å². The zero-order chi connectivity index (χ0) is 14.5. The summed E-state index contributed by atoms with van der Waals surface area (Å²) >= 11 is 7.33. The first-order chi connectivity index (χ1) is 9.65. The molecule has 0 aliphatic carbocycles. The van der Waals surface area contributed by atoms with Gasteiger partial charge >= 0.3 is 0 Å². The number of hydrogen-bond acceptors (Lipinski definition) is 4. The molecule has 0 fully saturated rings. The van der Waals surface area contributed by atoms with Crippen LogP contribution >= 0.6 is 23.4 Å². The molecule has 0 aliphatic heterocycles. The molecular weight excluding hydrogens is 294 g/mol. The second-order valence-corrected chi connectivity index (χ2v) is 5.56. The predicted molar refractivity (Wildman–Crippen MR) is 83.4 cm³/mol. The van der Waals surface area contributed by atoms with Gasteiger partial charge in [0.1, 0.15) is 5.75 Å². The maximum Gasteiger partial charge on any atom is 0.191 e. The molecule has 6 heteroatoms. The fourth-order valence-corrected chi connectivity index (χ4v) is 2.70. The lowest BCUT2D eigenvalue weighted by molar-refractivity contribution is 0.415. The molecule has 20 heavy (non-hydrogen) atoms. The summed E-state index contributed by atoms with van der Waals surface area (Å²) in [5.74, 6) is 2.30. The Morgan fingerprint density at radius 2 is 2.05 bits per heavy atom. The smallest absolute Gasteiger partial charge is 0.191 e. The largest absolute Gasteiger partial charge is 0.497 e. The first kappa shape index (κ1) is 14.9. The average molecular weight is 310 g/mol. The third kappa shape index (κ3) is 3.35. The minimum Gasteiger partial charge on any atom is -0.497 e. The van der Waals surface area contributed by atoms with E-state index in [1.807, 2.05) is 24.3 Å². The van der Waals surface area contributed by atoms with E-state index in [1.54, 1.807) is 7.11 Å². The number of benzene rings is 1. The molecule has 1 aromatic heterocycles. The highest BCUT2D eigenvalue weighted by Gasteiger charge is 2.13. The summed E-state index contributed by atoms with van der Waals surface area (Å²) in [6, 6.07) is 7.78. The van der Waals surface area contributed by atoms with Crippen LogP contribution in [0.1, 0.15) is 6.92 Å². The highest BCUT2D eigenvalue weighted by atomic mass is 35.5. The van der Waals surface area contributed by atoms with Crippen LogP contribution in [-0.2, 0) is 6.54 Å². The number of ether oxygens (including phenoxy) is 1. The zero-order valence-electron chi connectivity index (χ0n) is 11.5. The molecule has 0 amide bonds. The lowest BCUT2D eigenvalue weighted by atomic mass is 10.2. The van der Waals surface area contributed by atoms with Crippen LogP contribution in [0.25, 0.3) is 11.4 Å². The van der Waals surface area contributed by atoms with Crippen LogP contribution in [0.4, 0.5) is 0 Å². The van der Waals surface area contributed by atoms with Crippen LogP contribution in [0.5, 0.6) is 5.75 Å². The summed E-state index contributed by atoms with van der Waals surface area (Å²) in [5, 5.41) is 9.94. The van der Waals surface area contributed by atoms with Gasteiger partial charge in [0.05, 0.1) is 7.11 Å². The van der Waals surface area contributed by atoms with Crippen molar-refractivity contribution in [2.45, 2.75) is 18.6 Å². The van der Waals surface area contributed by atoms with Gasteiger partial charge in [-0.25, -0.2) is 0 Å². The van der Waals surface area contributed by atoms with Crippen molar-refractivity contribution in [1.29, 1.82) is 0 Å². The molecule has 0 aliphatic rings. The molecule has 0 saturated carbocycles. The van der Waals surface area contributed by atoms with E-state index in [4.69, 9.17) is 16.3 Å². The first-order valence-corrected chi connectivity index (χ1v) is 7.55. The summed E-state index contributed by atoms with van der Waals surface area (Å²) in [6.45, 7) is 6.55. The third-order valence-corrected chi connectivity index (χ3v) is 4.08. The number of hydrogen-bond donors (Lipinski definition) is 0. The molecule has 0 spiro atoms. The van der Waals surface area contributed by atoms with E-state index >= 15 is 0 Å². The minimum atomic E-state index is 0.603. The Kier molecular flexibility index (Phi) is 5.09. The molecule has 1 heterocycles. The lowest BCUT2D eigenvalue weighted by Gasteiger charge is -2.07. The van der Waals surface area contributed by atoms with Gasteiger partial charge in [0, 0.05) is 22.9 Å². The second-order valence-electron chi connectivity index (χ2n) is 4.08. The van der Waals surface area contributed by atoms with E-state index in [2.05, 4.69) is 28.3 Å². The molecule has 0 N–H and O–H groups in total. The lowest BCUT2D eigenvalue weighted by Crippen LogP contribution is -2.00. The Balaban J connectivity index is 2.28. The van der Waals surface area contributed by atoms with Crippen LogP contribution in [0.15, 0.2) is 41.0 Å². The molecule has 1 aromatic carbocycles. The number of thioether (sulfide) groups is 1. The Morgan fingerprint density at radius 1 is 1.35 bits per heavy atom. The fourth-order valence-electron chi connectivity index (χ4n) is 1.78. The van der Waals surface area contributed by atoms with Gasteiger partial charge in [0.2, 0.25) is 0 Å². The molecule has 0 bridgehead atoms. The molecule has 0 saturated heterocycles. The molecular formula is C14H16ClN3OS. The maximum atomic E-state index is 5.79. The number of methoxy groups -OCH3 is 1. The Labute approximate surface area is 127 Å². The van der Waals surface area contributed by atoms with E-state index in [0.717, 1.165) is 28.8 Å². The van der Waals surface area contributed by atoms with Crippen LogP contribution in [0.3, 0.4) is 0 Å². The second kappa shape index (κ2) is 6.81. The van der Waals surface area contributed by atoms with Crippen LogP contribution in [-0.4, -0.2) is 27.6 Å². The number of rotatable bonds is 6. The zero-order valence-corrected chi connectivity index (χ0v) is 13.0. The van der Waals surface area contributed by atoms with E-state index in [1.165, 1.54) is 11.8 Å². The van der Waals surface area contributed by atoms with Gasteiger partial charge in [-0.15, -0.1) is 10.2 Å². The van der Waals surface area contributed by atoms with Gasteiger partial charge in [0.15, 0.2) is 11.0 Å². The van der Waals surface area contributed by atoms with Crippen molar-refractivity contribution in [2.24, 2.45) is 0 Å². The van der Waals surface area contributed by atoms with E-state index in [9.17, 15) is 0 Å². The molecule has 2 rings (SSSR count). The number of aromatic nitrogens is 3.